The van der Waals surface area contributed by atoms with Crippen LogP contribution in [0.3, 0.4) is 0 Å². The summed E-state index contributed by atoms with van der Waals surface area (Å²) in [6.07, 6.45) is -0.0237. The lowest BCUT2D eigenvalue weighted by Gasteiger charge is -2.38. The van der Waals surface area contributed by atoms with Crippen molar-refractivity contribution in [2.45, 2.75) is 43.9 Å². The molecule has 10 heteroatoms. The molecule has 0 spiro atoms. The van der Waals surface area contributed by atoms with Crippen molar-refractivity contribution in [3.63, 3.8) is 0 Å². The Kier molecular flexibility index (Phi) is 9.54. The van der Waals surface area contributed by atoms with E-state index in [1.807, 2.05) is 0 Å². The van der Waals surface area contributed by atoms with Crippen LogP contribution in [-0.4, -0.2) is 71.7 Å². The first-order valence-corrected chi connectivity index (χ1v) is 12.6. The number of carbonyl (C=O) groups excluding carboxylic acids is 2. The predicted octanol–water partition coefficient (Wildman–Crippen LogP) is 4.66. The van der Waals surface area contributed by atoms with E-state index in [2.05, 4.69) is 11.6 Å². The number of amides is 2. The predicted molar refractivity (Wildman–Crippen MR) is 137 cm³/mol. The summed E-state index contributed by atoms with van der Waals surface area (Å²) < 4.78 is 47.2. The van der Waals surface area contributed by atoms with Gasteiger partial charge in [-0.05, 0) is 43.7 Å². The number of benzene rings is 1. The van der Waals surface area contributed by atoms with Gasteiger partial charge in [-0.3, -0.25) is 9.59 Å². The van der Waals surface area contributed by atoms with E-state index in [1.54, 1.807) is 26.2 Å². The van der Waals surface area contributed by atoms with Gasteiger partial charge in [0.2, 0.25) is 5.88 Å². The van der Waals surface area contributed by atoms with E-state index in [-0.39, 0.29) is 24.9 Å². The first-order chi connectivity index (χ1) is 18.0. The van der Waals surface area contributed by atoms with Crippen molar-refractivity contribution in [1.29, 1.82) is 0 Å². The summed E-state index contributed by atoms with van der Waals surface area (Å²) in [5, 5.41) is 10.5. The van der Waals surface area contributed by atoms with Crippen molar-refractivity contribution in [3.8, 4) is 5.88 Å². The number of ether oxygens (including phenoxy) is 1. The molecule has 38 heavy (non-hydrogen) atoms. The van der Waals surface area contributed by atoms with Crippen LogP contribution in [0.5, 0.6) is 5.88 Å². The Hall–Kier alpha value is -3.40. The number of aromatic nitrogens is 1. The van der Waals surface area contributed by atoms with E-state index in [4.69, 9.17) is 4.74 Å². The fraction of sp³-hybridized carbons (Fsp3) is 0.464. The molecule has 3 rings (SSSR count). The Labute approximate surface area is 220 Å². The van der Waals surface area contributed by atoms with Gasteiger partial charge in [0.25, 0.3) is 17.4 Å². The van der Waals surface area contributed by atoms with Crippen LogP contribution in [-0.2, 0) is 10.4 Å². The molecule has 0 radical (unpaired) electrons. The summed E-state index contributed by atoms with van der Waals surface area (Å²) in [5.41, 5.74) is -3.14. The van der Waals surface area contributed by atoms with E-state index in [1.165, 1.54) is 29.2 Å². The van der Waals surface area contributed by atoms with Crippen LogP contribution in [0.25, 0.3) is 6.08 Å². The van der Waals surface area contributed by atoms with Crippen LogP contribution < -0.4 is 4.74 Å². The van der Waals surface area contributed by atoms with Gasteiger partial charge in [0.15, 0.2) is 0 Å². The molecule has 0 aliphatic carbocycles. The lowest BCUT2D eigenvalue weighted by Crippen LogP contribution is -2.57. The number of carbonyl (C=O) groups is 2. The highest BCUT2D eigenvalue weighted by molar-refractivity contribution is 5.96. The third-order valence-electron chi connectivity index (χ3n) is 6.80. The van der Waals surface area contributed by atoms with Crippen molar-refractivity contribution in [1.82, 2.24) is 14.8 Å². The first kappa shape index (κ1) is 29.2. The monoisotopic (exact) mass is 533 g/mol. The Balaban J connectivity index is 1.45. The van der Waals surface area contributed by atoms with Crippen LogP contribution in [0.15, 0.2) is 49.0 Å². The van der Waals surface area contributed by atoms with Crippen LogP contribution >= 0.6 is 0 Å². The number of unbranched alkanes of at least 4 members (excludes halogenated alkanes) is 1. The summed E-state index contributed by atoms with van der Waals surface area (Å²) in [6.45, 7) is 4.47. The summed E-state index contributed by atoms with van der Waals surface area (Å²) in [6, 6.07) is 9.80. The molecule has 1 aliphatic heterocycles. The number of rotatable bonds is 10. The molecule has 1 unspecified atom stereocenters. The number of aliphatic hydroxyl groups is 1. The second-order valence-corrected chi connectivity index (χ2v) is 9.64. The third-order valence-corrected chi connectivity index (χ3v) is 6.80. The summed E-state index contributed by atoms with van der Waals surface area (Å²) in [4.78, 5) is 32.0. The third kappa shape index (κ3) is 6.53. The highest BCUT2D eigenvalue weighted by atomic mass is 19.4. The topological polar surface area (TPSA) is 83.0 Å². The molecule has 7 nitrogen and oxygen atoms in total. The van der Waals surface area contributed by atoms with Gasteiger partial charge in [0, 0.05) is 38.8 Å². The molecule has 2 amide bonds. The van der Waals surface area contributed by atoms with Crippen molar-refractivity contribution in [2.24, 2.45) is 5.92 Å². The molecule has 1 aromatic carbocycles. The number of pyridine rings is 1. The number of alkyl halides is 3. The number of nitrogens with zero attached hydrogens (tertiary/aromatic N) is 3. The number of piperidine rings is 1. The zero-order valence-corrected chi connectivity index (χ0v) is 21.7. The number of halogens is 3. The Morgan fingerprint density at radius 2 is 1.79 bits per heavy atom. The molecular weight excluding hydrogens is 499 g/mol. The summed E-state index contributed by atoms with van der Waals surface area (Å²) in [5.74, 6) is -0.822. The summed E-state index contributed by atoms with van der Waals surface area (Å²) in [7, 11) is 3.32. The molecule has 0 saturated carbocycles. The lowest BCUT2D eigenvalue weighted by molar-refractivity contribution is -0.262. The van der Waals surface area contributed by atoms with Gasteiger partial charge in [0.1, 0.15) is 0 Å². The minimum Gasteiger partial charge on any atom is -0.478 e. The fourth-order valence-corrected chi connectivity index (χ4v) is 4.57. The fourth-order valence-electron chi connectivity index (χ4n) is 4.57. The van der Waals surface area contributed by atoms with Crippen LogP contribution in [0.4, 0.5) is 13.2 Å². The Bertz CT molecular complexity index is 1120. The molecule has 1 saturated heterocycles. The van der Waals surface area contributed by atoms with Gasteiger partial charge < -0.3 is 19.6 Å². The average Bonchev–Trinajstić information content (AvgIpc) is 2.91. The molecule has 206 valence electrons. The quantitative estimate of drug-likeness (QED) is 0.449. The van der Waals surface area contributed by atoms with Crippen LogP contribution in [0.2, 0.25) is 0 Å². The molecule has 1 atom stereocenters. The zero-order chi connectivity index (χ0) is 27.9. The largest absolute Gasteiger partial charge is 0.478 e. The minimum atomic E-state index is -5.13. The van der Waals surface area contributed by atoms with Gasteiger partial charge in [0.05, 0.1) is 17.9 Å². The summed E-state index contributed by atoms with van der Waals surface area (Å²) >= 11 is 0. The highest BCUT2D eigenvalue weighted by Gasteiger charge is 2.62. The van der Waals surface area contributed by atoms with Crippen molar-refractivity contribution in [2.75, 3.05) is 33.8 Å². The van der Waals surface area contributed by atoms with Gasteiger partial charge in [-0.15, -0.1) is 0 Å². The Morgan fingerprint density at radius 3 is 2.37 bits per heavy atom. The second kappa shape index (κ2) is 12.4. The number of hydrogen-bond acceptors (Lipinski definition) is 5. The maximum atomic E-state index is 13.8. The van der Waals surface area contributed by atoms with Gasteiger partial charge in [-0.25, -0.2) is 4.98 Å². The molecule has 1 aliphatic rings. The first-order valence-electron chi connectivity index (χ1n) is 12.6. The van der Waals surface area contributed by atoms with Crippen molar-refractivity contribution < 1.29 is 32.6 Å². The molecule has 1 aromatic heterocycles. The van der Waals surface area contributed by atoms with Crippen molar-refractivity contribution in [3.05, 3.63) is 65.9 Å². The number of hydrogen-bond donors (Lipinski definition) is 1. The van der Waals surface area contributed by atoms with E-state index in [9.17, 15) is 27.9 Å². The van der Waals surface area contributed by atoms with Crippen molar-refractivity contribution >= 4 is 17.9 Å². The highest BCUT2D eigenvalue weighted by Crippen LogP contribution is 2.41. The maximum Gasteiger partial charge on any atom is 0.430 e. The van der Waals surface area contributed by atoms with E-state index in [0.29, 0.717) is 36.6 Å². The number of likely N-dealkylation sites (tertiary alicyclic amines) is 1. The van der Waals surface area contributed by atoms with E-state index < -0.39 is 23.2 Å². The van der Waals surface area contributed by atoms with E-state index in [0.717, 1.165) is 36.3 Å². The SMILES string of the molecule is C=Cc1nc(OCCCCC2CCN(C(=O)C(O)(c3ccccc3)C(F)(F)F)CC2)ccc1C(=O)N(C)C. The normalized spacial score (nSPS) is 16.0. The average molecular weight is 534 g/mol. The second-order valence-electron chi connectivity index (χ2n) is 9.64. The van der Waals surface area contributed by atoms with Crippen LogP contribution in [0.1, 0.15) is 53.7 Å². The molecule has 1 N–H and O–H groups in total. The molecular formula is C28H34F3N3O4. The van der Waals surface area contributed by atoms with Gasteiger partial charge in [-0.2, -0.15) is 13.2 Å². The molecule has 2 heterocycles. The minimum absolute atomic E-state index is 0.164. The zero-order valence-electron chi connectivity index (χ0n) is 21.7. The van der Waals surface area contributed by atoms with Gasteiger partial charge >= 0.3 is 6.18 Å². The van der Waals surface area contributed by atoms with Gasteiger partial charge in [-0.1, -0.05) is 43.3 Å². The molecule has 2 aromatic rings. The molecule has 1 fully saturated rings. The lowest BCUT2D eigenvalue weighted by atomic mass is 9.88. The molecule has 0 bridgehead atoms. The smallest absolute Gasteiger partial charge is 0.430 e. The Morgan fingerprint density at radius 1 is 1.13 bits per heavy atom. The standard InChI is InChI=1S/C28H34F3N3O4/c1-4-23-22(25(35)33(2)3)13-14-24(32-23)38-19-9-8-10-20-15-17-34(18-16-20)26(36)27(37,28(29,30)31)21-11-6-5-7-12-21/h4-7,11-14,20,37H,1,8-10,15-19H2,2-3H3. The maximum absolute atomic E-state index is 13.8. The van der Waals surface area contributed by atoms with Crippen LogP contribution in [0, 0.1) is 5.92 Å². The van der Waals surface area contributed by atoms with E-state index >= 15 is 0 Å².